The van der Waals surface area contributed by atoms with E-state index in [9.17, 15) is 4.79 Å². The molecule has 0 saturated carbocycles. The first-order valence-corrected chi connectivity index (χ1v) is 13.2. The molecule has 0 fully saturated rings. The Bertz CT molecular complexity index is 860. The highest BCUT2D eigenvalue weighted by molar-refractivity contribution is 6.76. The van der Waals surface area contributed by atoms with E-state index in [2.05, 4.69) is 47.1 Å². The molecule has 8 nitrogen and oxygen atoms in total. The molecule has 1 N–H and O–H groups in total. The van der Waals surface area contributed by atoms with E-state index < -0.39 is 8.07 Å². The van der Waals surface area contributed by atoms with Crippen LogP contribution in [0.5, 0.6) is 0 Å². The van der Waals surface area contributed by atoms with E-state index in [0.717, 1.165) is 31.4 Å². The van der Waals surface area contributed by atoms with Gasteiger partial charge in [-0.1, -0.05) is 31.2 Å². The van der Waals surface area contributed by atoms with Crippen LogP contribution in [-0.4, -0.2) is 52.7 Å². The first kappa shape index (κ1) is 20.1. The Morgan fingerprint density at radius 3 is 2.78 bits per heavy atom. The fourth-order valence-corrected chi connectivity index (χ4v) is 3.77. The van der Waals surface area contributed by atoms with Crippen LogP contribution in [-0.2, 0) is 24.6 Å². The highest BCUT2D eigenvalue weighted by Gasteiger charge is 2.17. The van der Waals surface area contributed by atoms with Crippen LogP contribution >= 0.6 is 11.6 Å². The van der Waals surface area contributed by atoms with Crippen molar-refractivity contribution in [3.63, 3.8) is 0 Å². The van der Waals surface area contributed by atoms with E-state index in [1.54, 1.807) is 0 Å². The average Bonchev–Trinajstić information content (AvgIpc) is 2.96. The van der Waals surface area contributed by atoms with Crippen LogP contribution in [0, 0.1) is 0 Å². The molecular weight excluding hydrogens is 384 g/mol. The minimum atomic E-state index is -1.18. The van der Waals surface area contributed by atoms with Gasteiger partial charge >= 0.3 is 0 Å². The van der Waals surface area contributed by atoms with E-state index in [1.165, 1.54) is 10.7 Å². The van der Waals surface area contributed by atoms with Gasteiger partial charge in [0, 0.05) is 39.9 Å². The topological polar surface area (TPSA) is 77.2 Å². The highest BCUT2D eigenvalue weighted by atomic mass is 35.5. The molecule has 0 radical (unpaired) electrons. The largest absolute Gasteiger partial charge is 0.359 e. The Kier molecular flexibility index (Phi) is 6.04. The number of rotatable bonds is 7. The normalized spacial score (nSPS) is 15.0. The average molecular weight is 411 g/mol. The van der Waals surface area contributed by atoms with Gasteiger partial charge in [-0.05, 0) is 13.1 Å². The Morgan fingerprint density at radius 2 is 2.04 bits per heavy atom. The van der Waals surface area contributed by atoms with Gasteiger partial charge in [0.2, 0.25) is 0 Å². The Labute approximate surface area is 165 Å². The molecule has 0 spiro atoms. The summed E-state index contributed by atoms with van der Waals surface area (Å²) in [4.78, 5) is 14.9. The summed E-state index contributed by atoms with van der Waals surface area (Å²) in [7, 11) is 0.899. The monoisotopic (exact) mass is 410 g/mol. The number of hydrogen-bond donors (Lipinski definition) is 1. The fraction of sp³-hybridized carbons (Fsp3) is 0.588. The SMILES string of the molecule is CN1CCn2nc(Nc3cc(Cl)nn(COCC[Si](C)(C)C)c3=O)cc2C1. The van der Waals surface area contributed by atoms with Crippen molar-refractivity contribution < 1.29 is 4.74 Å². The van der Waals surface area contributed by atoms with Crippen LogP contribution in [0.3, 0.4) is 0 Å². The predicted octanol–water partition coefficient (Wildman–Crippen LogP) is 2.59. The number of ether oxygens (including phenoxy) is 1. The van der Waals surface area contributed by atoms with E-state index in [0.29, 0.717) is 18.1 Å². The molecule has 3 heterocycles. The Balaban J connectivity index is 1.71. The maximum atomic E-state index is 12.7. The first-order chi connectivity index (χ1) is 12.7. The van der Waals surface area contributed by atoms with Gasteiger partial charge in [-0.2, -0.15) is 10.2 Å². The fourth-order valence-electron chi connectivity index (χ4n) is 2.81. The lowest BCUT2D eigenvalue weighted by Crippen LogP contribution is -2.30. The van der Waals surface area contributed by atoms with Gasteiger partial charge in [0.15, 0.2) is 11.0 Å². The van der Waals surface area contributed by atoms with E-state index in [-0.39, 0.29) is 17.4 Å². The maximum Gasteiger partial charge on any atom is 0.292 e. The van der Waals surface area contributed by atoms with Crippen molar-refractivity contribution >= 4 is 31.2 Å². The molecule has 0 bridgehead atoms. The van der Waals surface area contributed by atoms with Crippen LogP contribution in [0.4, 0.5) is 11.5 Å². The van der Waals surface area contributed by atoms with Gasteiger partial charge in [0.25, 0.3) is 5.56 Å². The third kappa shape index (κ3) is 5.41. The smallest absolute Gasteiger partial charge is 0.292 e. The van der Waals surface area contributed by atoms with Crippen LogP contribution in [0.25, 0.3) is 0 Å². The van der Waals surface area contributed by atoms with Gasteiger partial charge in [-0.25, -0.2) is 4.68 Å². The molecule has 27 heavy (non-hydrogen) atoms. The standard InChI is InChI=1S/C17H27ClN6O2Si/c1-22-5-6-23-13(11-22)9-16(21-23)19-14-10-15(18)20-24(17(14)25)12-26-7-8-27(2,3)4/h9-10H,5-8,11-12H2,1-4H3,(H,19,21). The van der Waals surface area contributed by atoms with Crippen LogP contribution in [0.15, 0.2) is 16.9 Å². The molecule has 10 heteroatoms. The van der Waals surface area contributed by atoms with Crippen molar-refractivity contribution in [2.45, 2.75) is 45.5 Å². The number of fused-ring (bicyclic) bond motifs is 1. The Hall–Kier alpha value is -1.68. The van der Waals surface area contributed by atoms with Crippen LogP contribution in [0.1, 0.15) is 5.69 Å². The van der Waals surface area contributed by atoms with Gasteiger partial charge < -0.3 is 10.1 Å². The maximum absolute atomic E-state index is 12.7. The second kappa shape index (κ2) is 8.13. The second-order valence-electron chi connectivity index (χ2n) is 8.14. The zero-order valence-corrected chi connectivity index (χ0v) is 18.1. The Morgan fingerprint density at radius 1 is 1.26 bits per heavy atom. The predicted molar refractivity (Wildman–Crippen MR) is 109 cm³/mol. The number of hydrogen-bond acceptors (Lipinski definition) is 6. The van der Waals surface area contributed by atoms with E-state index in [4.69, 9.17) is 16.3 Å². The summed E-state index contributed by atoms with van der Waals surface area (Å²) in [6, 6.07) is 4.51. The number of nitrogens with one attached hydrogen (secondary N) is 1. The summed E-state index contributed by atoms with van der Waals surface area (Å²) in [5, 5.41) is 11.9. The summed E-state index contributed by atoms with van der Waals surface area (Å²) < 4.78 is 8.85. The third-order valence-electron chi connectivity index (χ3n) is 4.41. The third-order valence-corrected chi connectivity index (χ3v) is 6.29. The van der Waals surface area contributed by atoms with Crippen LogP contribution in [0.2, 0.25) is 30.8 Å². The molecule has 0 saturated heterocycles. The van der Waals surface area contributed by atoms with Crippen molar-refractivity contribution in [3.8, 4) is 0 Å². The first-order valence-electron chi connectivity index (χ1n) is 9.09. The van der Waals surface area contributed by atoms with Gasteiger partial charge in [-0.15, -0.1) is 0 Å². The van der Waals surface area contributed by atoms with Crippen molar-refractivity contribution in [2.24, 2.45) is 0 Å². The minimum absolute atomic E-state index is 0.0863. The molecule has 1 aliphatic heterocycles. The second-order valence-corrected chi connectivity index (χ2v) is 14.1. The summed E-state index contributed by atoms with van der Waals surface area (Å²) in [5.41, 5.74) is 1.17. The summed E-state index contributed by atoms with van der Waals surface area (Å²) in [5.74, 6) is 0.630. The number of aromatic nitrogens is 4. The highest BCUT2D eigenvalue weighted by Crippen LogP contribution is 2.19. The number of likely N-dealkylation sites (N-methyl/N-ethyl adjacent to an activating group) is 1. The number of halogens is 1. The zero-order valence-electron chi connectivity index (χ0n) is 16.3. The van der Waals surface area contributed by atoms with Crippen molar-refractivity contribution in [3.05, 3.63) is 33.3 Å². The van der Waals surface area contributed by atoms with Crippen molar-refractivity contribution in [2.75, 3.05) is 25.5 Å². The van der Waals surface area contributed by atoms with Gasteiger partial charge in [0.05, 0.1) is 12.2 Å². The molecule has 0 unspecified atom stereocenters. The lowest BCUT2D eigenvalue weighted by Gasteiger charge is -2.22. The van der Waals surface area contributed by atoms with E-state index in [1.807, 2.05) is 10.7 Å². The molecule has 0 aliphatic carbocycles. The lowest BCUT2D eigenvalue weighted by molar-refractivity contribution is 0.0752. The van der Waals surface area contributed by atoms with Crippen molar-refractivity contribution in [1.29, 1.82) is 0 Å². The van der Waals surface area contributed by atoms with E-state index >= 15 is 0 Å². The van der Waals surface area contributed by atoms with Gasteiger partial charge in [0.1, 0.15) is 12.4 Å². The molecule has 2 aromatic heterocycles. The zero-order chi connectivity index (χ0) is 19.6. The summed E-state index contributed by atoms with van der Waals surface area (Å²) >= 11 is 6.10. The minimum Gasteiger partial charge on any atom is -0.359 e. The molecule has 2 aromatic rings. The number of nitrogens with zero attached hydrogens (tertiary/aromatic N) is 5. The molecule has 0 amide bonds. The van der Waals surface area contributed by atoms with Crippen molar-refractivity contribution in [1.82, 2.24) is 24.5 Å². The molecule has 3 rings (SSSR count). The summed E-state index contributed by atoms with van der Waals surface area (Å²) in [6.45, 7) is 10.2. The quantitative estimate of drug-likeness (QED) is 0.558. The molecule has 0 atom stereocenters. The summed E-state index contributed by atoms with van der Waals surface area (Å²) in [6.07, 6.45) is 0. The number of anilines is 2. The van der Waals surface area contributed by atoms with Crippen LogP contribution < -0.4 is 10.9 Å². The lowest BCUT2D eigenvalue weighted by atomic mass is 10.3. The molecule has 1 aliphatic rings. The molecule has 148 valence electrons. The van der Waals surface area contributed by atoms with Gasteiger partial charge in [-0.3, -0.25) is 14.4 Å². The molecule has 0 aromatic carbocycles. The molecular formula is C17H27ClN6O2Si.